The molecule has 0 unspecified atom stereocenters. The van der Waals surface area contributed by atoms with Crippen LogP contribution in [-0.4, -0.2) is 24.2 Å². The minimum atomic E-state index is -0.142. The van der Waals surface area contributed by atoms with Gasteiger partial charge in [0.25, 0.3) is 5.91 Å². The Morgan fingerprint density at radius 1 is 1.50 bits per heavy atom. The molecule has 0 aliphatic heterocycles. The molecule has 0 saturated carbocycles. The molecule has 0 spiro atoms. The van der Waals surface area contributed by atoms with Crippen molar-refractivity contribution < 1.29 is 14.6 Å². The fraction of sp³-hybridized carbons (Fsp3) is 0.462. The number of carbonyl (C=O) groups is 1. The molecule has 0 aliphatic rings. The lowest BCUT2D eigenvalue weighted by Crippen LogP contribution is -2.31. The maximum Gasteiger partial charge on any atom is 0.257 e. The van der Waals surface area contributed by atoms with E-state index in [1.54, 1.807) is 18.2 Å². The normalized spacial score (nSPS) is 10.5. The third-order valence-electron chi connectivity index (χ3n) is 2.26. The van der Waals surface area contributed by atoms with Crippen molar-refractivity contribution >= 4 is 21.8 Å². The Kier molecular flexibility index (Phi) is 6.15. The predicted octanol–water partition coefficient (Wildman–Crippen LogP) is 2.09. The second kappa shape index (κ2) is 7.38. The molecular weight excluding hydrogens is 298 g/mol. The molecule has 0 fully saturated rings. The summed E-state index contributed by atoms with van der Waals surface area (Å²) in [5, 5.41) is 11.9. The van der Waals surface area contributed by atoms with Crippen molar-refractivity contribution in [2.24, 2.45) is 5.92 Å². The van der Waals surface area contributed by atoms with Crippen molar-refractivity contribution in [3.05, 3.63) is 28.2 Å². The first-order valence-electron chi connectivity index (χ1n) is 5.81. The van der Waals surface area contributed by atoms with Crippen molar-refractivity contribution in [1.82, 2.24) is 5.32 Å². The Bertz CT molecular complexity index is 407. The monoisotopic (exact) mass is 315 g/mol. The molecule has 2 N–H and O–H groups in total. The van der Waals surface area contributed by atoms with E-state index in [1.165, 1.54) is 0 Å². The zero-order valence-electron chi connectivity index (χ0n) is 10.6. The highest BCUT2D eigenvalue weighted by Gasteiger charge is 2.05. The summed E-state index contributed by atoms with van der Waals surface area (Å²) in [7, 11) is 0. The Labute approximate surface area is 115 Å². The maximum atomic E-state index is 11.4. The number of amides is 1. The third-order valence-corrected chi connectivity index (χ3v) is 3.04. The van der Waals surface area contributed by atoms with E-state index >= 15 is 0 Å². The average molecular weight is 316 g/mol. The standard InChI is InChI=1S/C13H18BrNO3/c1-9(2)6-15-13(17)8-18-11-3-4-12(14)10(5-11)7-16/h3-5,9,16H,6-8H2,1-2H3,(H,15,17). The molecule has 1 rings (SSSR count). The zero-order valence-corrected chi connectivity index (χ0v) is 12.2. The molecule has 0 heterocycles. The average Bonchev–Trinajstić information content (AvgIpc) is 2.35. The predicted molar refractivity (Wildman–Crippen MR) is 73.4 cm³/mol. The second-order valence-electron chi connectivity index (χ2n) is 4.40. The van der Waals surface area contributed by atoms with Crippen molar-refractivity contribution in [1.29, 1.82) is 0 Å². The first-order chi connectivity index (χ1) is 8.52. The summed E-state index contributed by atoms with van der Waals surface area (Å²) in [4.78, 5) is 11.4. The summed E-state index contributed by atoms with van der Waals surface area (Å²) in [5.41, 5.74) is 0.732. The zero-order chi connectivity index (χ0) is 13.5. The molecule has 1 amide bonds. The van der Waals surface area contributed by atoms with E-state index in [4.69, 9.17) is 9.84 Å². The number of hydrogen-bond donors (Lipinski definition) is 2. The molecule has 0 aromatic heterocycles. The van der Waals surface area contributed by atoms with Crippen LogP contribution in [0.4, 0.5) is 0 Å². The second-order valence-corrected chi connectivity index (χ2v) is 5.25. The third kappa shape index (κ3) is 5.06. The van der Waals surface area contributed by atoms with E-state index in [2.05, 4.69) is 21.2 Å². The van der Waals surface area contributed by atoms with Crippen molar-refractivity contribution in [2.75, 3.05) is 13.2 Å². The van der Waals surface area contributed by atoms with Crippen molar-refractivity contribution in [2.45, 2.75) is 20.5 Å². The van der Waals surface area contributed by atoms with Gasteiger partial charge in [0.1, 0.15) is 5.75 Å². The number of benzene rings is 1. The summed E-state index contributed by atoms with van der Waals surface area (Å²) >= 11 is 3.32. The maximum absolute atomic E-state index is 11.4. The molecule has 1 aromatic rings. The van der Waals surface area contributed by atoms with Gasteiger partial charge in [0.05, 0.1) is 6.61 Å². The topological polar surface area (TPSA) is 58.6 Å². The summed E-state index contributed by atoms with van der Waals surface area (Å²) in [6, 6.07) is 5.24. The van der Waals surface area contributed by atoms with E-state index in [1.807, 2.05) is 13.8 Å². The summed E-state index contributed by atoms with van der Waals surface area (Å²) < 4.78 is 6.17. The van der Waals surface area contributed by atoms with Gasteiger partial charge in [-0.2, -0.15) is 0 Å². The van der Waals surface area contributed by atoms with Crippen LogP contribution in [-0.2, 0) is 11.4 Å². The number of aliphatic hydroxyl groups excluding tert-OH is 1. The van der Waals surface area contributed by atoms with Crippen molar-refractivity contribution in [3.63, 3.8) is 0 Å². The lowest BCUT2D eigenvalue weighted by Gasteiger charge is -2.10. The van der Waals surface area contributed by atoms with Gasteiger partial charge in [-0.05, 0) is 29.7 Å². The minimum absolute atomic E-state index is 0.0147. The first kappa shape index (κ1) is 15.0. The molecule has 18 heavy (non-hydrogen) atoms. The van der Waals surface area contributed by atoms with E-state index in [0.717, 1.165) is 10.0 Å². The summed E-state index contributed by atoms with van der Waals surface area (Å²) in [6.07, 6.45) is 0. The Hall–Kier alpha value is -1.07. The molecule has 0 saturated heterocycles. The number of aliphatic hydroxyl groups is 1. The Morgan fingerprint density at radius 2 is 2.22 bits per heavy atom. The lowest BCUT2D eigenvalue weighted by molar-refractivity contribution is -0.123. The van der Waals surface area contributed by atoms with Crippen LogP contribution < -0.4 is 10.1 Å². The summed E-state index contributed by atoms with van der Waals surface area (Å²) in [6.45, 7) is 4.62. The minimum Gasteiger partial charge on any atom is -0.484 e. The Balaban J connectivity index is 2.46. The van der Waals surface area contributed by atoms with Gasteiger partial charge in [-0.3, -0.25) is 4.79 Å². The van der Waals surface area contributed by atoms with Gasteiger partial charge in [0.15, 0.2) is 6.61 Å². The van der Waals surface area contributed by atoms with Gasteiger partial charge in [0.2, 0.25) is 0 Å². The molecule has 0 radical (unpaired) electrons. The van der Waals surface area contributed by atoms with Gasteiger partial charge in [0, 0.05) is 11.0 Å². The van der Waals surface area contributed by atoms with Gasteiger partial charge < -0.3 is 15.2 Å². The van der Waals surface area contributed by atoms with Crippen LogP contribution in [0.3, 0.4) is 0 Å². The highest BCUT2D eigenvalue weighted by molar-refractivity contribution is 9.10. The number of hydrogen-bond acceptors (Lipinski definition) is 3. The molecule has 4 nitrogen and oxygen atoms in total. The van der Waals surface area contributed by atoms with Crippen molar-refractivity contribution in [3.8, 4) is 5.75 Å². The highest BCUT2D eigenvalue weighted by atomic mass is 79.9. The number of ether oxygens (including phenoxy) is 1. The number of carbonyl (C=O) groups excluding carboxylic acids is 1. The molecular formula is C13H18BrNO3. The van der Waals surface area contributed by atoms with E-state index in [-0.39, 0.29) is 19.1 Å². The molecule has 100 valence electrons. The fourth-order valence-electron chi connectivity index (χ4n) is 1.28. The number of halogens is 1. The van der Waals surface area contributed by atoms with Gasteiger partial charge in [-0.1, -0.05) is 29.8 Å². The van der Waals surface area contributed by atoms with Crippen LogP contribution >= 0.6 is 15.9 Å². The molecule has 0 aliphatic carbocycles. The summed E-state index contributed by atoms with van der Waals surface area (Å²) in [5.74, 6) is 0.849. The SMILES string of the molecule is CC(C)CNC(=O)COc1ccc(Br)c(CO)c1. The van der Waals surface area contributed by atoms with Crippen LogP contribution in [0.25, 0.3) is 0 Å². The molecule has 1 aromatic carbocycles. The van der Waals surface area contributed by atoms with Crippen LogP contribution in [0.2, 0.25) is 0 Å². The van der Waals surface area contributed by atoms with E-state index in [9.17, 15) is 4.79 Å². The van der Waals surface area contributed by atoms with E-state index in [0.29, 0.717) is 18.2 Å². The fourth-order valence-corrected chi connectivity index (χ4v) is 1.65. The van der Waals surface area contributed by atoms with Gasteiger partial charge in [-0.25, -0.2) is 0 Å². The highest BCUT2D eigenvalue weighted by Crippen LogP contribution is 2.22. The number of nitrogens with one attached hydrogen (secondary N) is 1. The van der Waals surface area contributed by atoms with E-state index < -0.39 is 0 Å². The van der Waals surface area contributed by atoms with Crippen LogP contribution in [0.15, 0.2) is 22.7 Å². The Morgan fingerprint density at radius 3 is 2.83 bits per heavy atom. The van der Waals surface area contributed by atoms with Crippen LogP contribution in [0.1, 0.15) is 19.4 Å². The molecule has 0 atom stereocenters. The first-order valence-corrected chi connectivity index (χ1v) is 6.61. The quantitative estimate of drug-likeness (QED) is 0.845. The van der Waals surface area contributed by atoms with Gasteiger partial charge in [-0.15, -0.1) is 0 Å². The number of rotatable bonds is 6. The van der Waals surface area contributed by atoms with Crippen LogP contribution in [0.5, 0.6) is 5.75 Å². The largest absolute Gasteiger partial charge is 0.484 e. The van der Waals surface area contributed by atoms with Gasteiger partial charge >= 0.3 is 0 Å². The van der Waals surface area contributed by atoms with Crippen LogP contribution in [0, 0.1) is 5.92 Å². The molecule has 0 bridgehead atoms. The smallest absolute Gasteiger partial charge is 0.257 e. The lowest BCUT2D eigenvalue weighted by atomic mass is 10.2. The molecule has 5 heteroatoms.